The Balaban J connectivity index is 1.70. The maximum Gasteiger partial charge on any atom is 0.254 e. The Hall–Kier alpha value is -2.34. The molecule has 146 valence electrons. The topological polar surface area (TPSA) is 67.6 Å². The Morgan fingerprint density at radius 1 is 1.33 bits per heavy atom. The van der Waals surface area contributed by atoms with E-state index in [4.69, 9.17) is 4.74 Å². The first-order valence-corrected chi connectivity index (χ1v) is 9.54. The van der Waals surface area contributed by atoms with Crippen molar-refractivity contribution in [1.82, 2.24) is 14.5 Å². The molecule has 0 aliphatic carbocycles. The fourth-order valence-electron chi connectivity index (χ4n) is 3.94. The van der Waals surface area contributed by atoms with Gasteiger partial charge in [-0.25, -0.2) is 4.98 Å². The van der Waals surface area contributed by atoms with Crippen molar-refractivity contribution in [3.63, 3.8) is 0 Å². The molecule has 27 heavy (non-hydrogen) atoms. The molecule has 0 saturated carbocycles. The minimum atomic E-state index is 0.0177. The zero-order chi connectivity index (χ0) is 19.6. The predicted molar refractivity (Wildman–Crippen MR) is 104 cm³/mol. The monoisotopic (exact) mass is 371 g/mol. The van der Waals surface area contributed by atoms with Crippen LogP contribution in [0.4, 0.5) is 0 Å². The number of aliphatic hydroxyl groups excluding tert-OH is 1. The normalized spacial score (nSPS) is 16.4. The summed E-state index contributed by atoms with van der Waals surface area (Å²) in [5.41, 5.74) is 2.74. The maximum atomic E-state index is 12.9. The van der Waals surface area contributed by atoms with Gasteiger partial charge in [-0.2, -0.15) is 0 Å². The van der Waals surface area contributed by atoms with Gasteiger partial charge >= 0.3 is 0 Å². The molecule has 1 aliphatic heterocycles. The molecular formula is C21H29N3O3. The molecule has 1 amide bonds. The quantitative estimate of drug-likeness (QED) is 0.877. The number of likely N-dealkylation sites (tertiary alicyclic amines) is 1. The number of aromatic nitrogens is 2. The highest BCUT2D eigenvalue weighted by atomic mass is 16.5. The molecule has 0 bridgehead atoms. The summed E-state index contributed by atoms with van der Waals surface area (Å²) in [4.78, 5) is 19.5. The highest BCUT2D eigenvalue weighted by molar-refractivity contribution is 5.95. The summed E-state index contributed by atoms with van der Waals surface area (Å²) in [7, 11) is 1.63. The zero-order valence-corrected chi connectivity index (χ0v) is 16.6. The fraction of sp³-hybridized carbons (Fsp3) is 0.524. The minimum absolute atomic E-state index is 0.0177. The van der Waals surface area contributed by atoms with Crippen molar-refractivity contribution < 1.29 is 14.6 Å². The number of piperidine rings is 1. The number of amides is 1. The van der Waals surface area contributed by atoms with E-state index in [9.17, 15) is 9.90 Å². The number of hydrogen-bond donors (Lipinski definition) is 1. The van der Waals surface area contributed by atoms with E-state index in [0.29, 0.717) is 19.0 Å². The first-order valence-electron chi connectivity index (χ1n) is 9.54. The van der Waals surface area contributed by atoms with Crippen molar-refractivity contribution in [3.05, 3.63) is 47.0 Å². The first-order chi connectivity index (χ1) is 13.0. The van der Waals surface area contributed by atoms with Crippen LogP contribution in [-0.2, 0) is 0 Å². The summed E-state index contributed by atoms with van der Waals surface area (Å²) < 4.78 is 7.36. The molecule has 0 spiro atoms. The third kappa shape index (κ3) is 3.86. The summed E-state index contributed by atoms with van der Waals surface area (Å²) >= 11 is 0. The van der Waals surface area contributed by atoms with E-state index >= 15 is 0 Å². The zero-order valence-electron chi connectivity index (χ0n) is 16.6. The number of benzene rings is 1. The van der Waals surface area contributed by atoms with Gasteiger partial charge in [-0.05, 0) is 57.4 Å². The third-order valence-electron chi connectivity index (χ3n) is 5.53. The van der Waals surface area contributed by atoms with Crippen LogP contribution in [0.3, 0.4) is 0 Å². The number of methoxy groups -OCH3 is 1. The summed E-state index contributed by atoms with van der Waals surface area (Å²) in [6, 6.07) is 5.60. The molecule has 1 saturated heterocycles. The first kappa shape index (κ1) is 19.4. The third-order valence-corrected chi connectivity index (χ3v) is 5.53. The van der Waals surface area contributed by atoms with E-state index in [1.54, 1.807) is 7.11 Å². The van der Waals surface area contributed by atoms with Gasteiger partial charge in [0.1, 0.15) is 11.6 Å². The Morgan fingerprint density at radius 3 is 2.63 bits per heavy atom. The largest absolute Gasteiger partial charge is 0.497 e. The van der Waals surface area contributed by atoms with Gasteiger partial charge in [-0.1, -0.05) is 0 Å². The van der Waals surface area contributed by atoms with Crippen molar-refractivity contribution in [3.8, 4) is 5.75 Å². The molecule has 2 heterocycles. The molecule has 2 aromatic rings. The molecule has 0 radical (unpaired) electrons. The summed E-state index contributed by atoms with van der Waals surface area (Å²) in [5.74, 6) is 2.19. The maximum absolute atomic E-state index is 12.9. The van der Waals surface area contributed by atoms with Crippen LogP contribution in [0.15, 0.2) is 24.4 Å². The molecule has 1 aromatic heterocycles. The number of nitrogens with zero attached hydrogens (tertiary/aromatic N) is 3. The second-order valence-electron chi connectivity index (χ2n) is 7.41. The smallest absolute Gasteiger partial charge is 0.254 e. The van der Waals surface area contributed by atoms with Crippen LogP contribution >= 0.6 is 0 Å². The predicted octanol–water partition coefficient (Wildman–Crippen LogP) is 3.08. The summed E-state index contributed by atoms with van der Waals surface area (Å²) in [5, 5.41) is 9.55. The number of imidazole rings is 1. The van der Waals surface area contributed by atoms with Crippen LogP contribution in [0.1, 0.15) is 59.2 Å². The lowest BCUT2D eigenvalue weighted by Gasteiger charge is -2.33. The van der Waals surface area contributed by atoms with Gasteiger partial charge in [0.25, 0.3) is 5.91 Å². The van der Waals surface area contributed by atoms with Gasteiger partial charge in [-0.3, -0.25) is 4.79 Å². The van der Waals surface area contributed by atoms with Crippen molar-refractivity contribution >= 4 is 5.91 Å². The van der Waals surface area contributed by atoms with E-state index in [0.717, 1.165) is 41.2 Å². The second kappa shape index (κ2) is 8.13. The van der Waals surface area contributed by atoms with Crippen LogP contribution in [0.25, 0.3) is 0 Å². The lowest BCUT2D eigenvalue weighted by atomic mass is 9.94. The van der Waals surface area contributed by atoms with Gasteiger partial charge < -0.3 is 19.3 Å². The van der Waals surface area contributed by atoms with Crippen LogP contribution in [0.5, 0.6) is 5.75 Å². The van der Waals surface area contributed by atoms with E-state index in [1.807, 2.05) is 50.1 Å². The molecule has 1 unspecified atom stereocenters. The van der Waals surface area contributed by atoms with Gasteiger partial charge in [0, 0.05) is 36.5 Å². The molecule has 1 fully saturated rings. The van der Waals surface area contributed by atoms with E-state index < -0.39 is 0 Å². The van der Waals surface area contributed by atoms with Crippen LogP contribution < -0.4 is 4.74 Å². The molecule has 6 nitrogen and oxygen atoms in total. The summed E-state index contributed by atoms with van der Waals surface area (Å²) in [6.45, 7) is 7.50. The number of ether oxygens (including phenoxy) is 1. The minimum Gasteiger partial charge on any atom is -0.497 e. The molecule has 1 N–H and O–H groups in total. The molecule has 1 atom stereocenters. The average Bonchev–Trinajstić information content (AvgIpc) is 3.08. The van der Waals surface area contributed by atoms with Gasteiger partial charge in [0.05, 0.1) is 19.8 Å². The van der Waals surface area contributed by atoms with Crippen LogP contribution in [-0.4, -0.2) is 52.3 Å². The number of hydrogen-bond acceptors (Lipinski definition) is 4. The highest BCUT2D eigenvalue weighted by Gasteiger charge is 2.29. The number of aryl methyl sites for hydroxylation is 2. The molecular weight excluding hydrogens is 342 g/mol. The van der Waals surface area contributed by atoms with Gasteiger partial charge in [-0.15, -0.1) is 0 Å². The standard InChI is InChI=1S/C21H29N3O3/c1-14-11-18(27-4)5-6-19(14)21(26)23-9-7-17(8-10-23)20-22-12-15(2)24(20)16(3)13-25/h5-6,11-12,16-17,25H,7-10,13H2,1-4H3. The van der Waals surface area contributed by atoms with Crippen LogP contribution in [0, 0.1) is 13.8 Å². The summed E-state index contributed by atoms with van der Waals surface area (Å²) in [6.07, 6.45) is 3.64. The average molecular weight is 371 g/mol. The lowest BCUT2D eigenvalue weighted by Crippen LogP contribution is -2.38. The Morgan fingerprint density at radius 2 is 2.04 bits per heavy atom. The molecule has 1 aromatic carbocycles. The molecule has 3 rings (SSSR count). The number of aliphatic hydroxyl groups is 1. The SMILES string of the molecule is COc1ccc(C(=O)N2CCC(c3ncc(C)n3C(C)CO)CC2)c(C)c1. The number of carbonyl (C=O) groups excluding carboxylic acids is 1. The Labute approximate surface area is 160 Å². The number of carbonyl (C=O) groups is 1. The fourth-order valence-corrected chi connectivity index (χ4v) is 3.94. The number of rotatable bonds is 5. The molecule has 6 heteroatoms. The highest BCUT2D eigenvalue weighted by Crippen LogP contribution is 2.30. The molecule has 1 aliphatic rings. The van der Waals surface area contributed by atoms with Crippen molar-refractivity contribution in [2.75, 3.05) is 26.8 Å². The van der Waals surface area contributed by atoms with Crippen molar-refractivity contribution in [2.24, 2.45) is 0 Å². The Bertz CT molecular complexity index is 807. The van der Waals surface area contributed by atoms with Crippen molar-refractivity contribution in [2.45, 2.75) is 45.6 Å². The van der Waals surface area contributed by atoms with E-state index in [1.165, 1.54) is 0 Å². The van der Waals surface area contributed by atoms with Crippen molar-refractivity contribution in [1.29, 1.82) is 0 Å². The lowest BCUT2D eigenvalue weighted by molar-refractivity contribution is 0.0708. The Kier molecular flexibility index (Phi) is 5.85. The van der Waals surface area contributed by atoms with E-state index in [2.05, 4.69) is 9.55 Å². The second-order valence-corrected chi connectivity index (χ2v) is 7.41. The van der Waals surface area contributed by atoms with Crippen LogP contribution in [0.2, 0.25) is 0 Å². The van der Waals surface area contributed by atoms with E-state index in [-0.39, 0.29) is 18.6 Å². The van der Waals surface area contributed by atoms with Gasteiger partial charge in [0.15, 0.2) is 0 Å². The van der Waals surface area contributed by atoms with Gasteiger partial charge in [0.2, 0.25) is 0 Å².